The number of carbonyl (C=O) groups excluding carboxylic acids is 1. The van der Waals surface area contributed by atoms with Gasteiger partial charge in [0.05, 0.1) is 6.04 Å². The maximum atomic E-state index is 13.0. The van der Waals surface area contributed by atoms with Gasteiger partial charge in [-0.25, -0.2) is 0 Å². The van der Waals surface area contributed by atoms with Gasteiger partial charge in [0.2, 0.25) is 5.91 Å². The monoisotopic (exact) mass is 347 g/mol. The summed E-state index contributed by atoms with van der Waals surface area (Å²) in [7, 11) is 0. The summed E-state index contributed by atoms with van der Waals surface area (Å²) in [5.74, 6) is 0.0245. The van der Waals surface area contributed by atoms with Gasteiger partial charge in [0, 0.05) is 4.90 Å². The highest BCUT2D eigenvalue weighted by molar-refractivity contribution is 8.00. The first-order valence-electron chi connectivity index (χ1n) is 8.36. The van der Waals surface area contributed by atoms with E-state index < -0.39 is 0 Å². The molecule has 0 unspecified atom stereocenters. The third-order valence-corrected chi connectivity index (χ3v) is 5.26. The predicted octanol–water partition coefficient (Wildman–Crippen LogP) is 5.40. The Morgan fingerprint density at radius 3 is 1.80 bits per heavy atom. The van der Waals surface area contributed by atoms with Gasteiger partial charge < -0.3 is 5.32 Å². The van der Waals surface area contributed by atoms with Gasteiger partial charge in [-0.2, -0.15) is 0 Å². The molecule has 0 fully saturated rings. The van der Waals surface area contributed by atoms with Crippen molar-refractivity contribution in [2.75, 3.05) is 0 Å². The zero-order valence-electron chi connectivity index (χ0n) is 14.1. The molecule has 0 aliphatic heterocycles. The number of hydrogen-bond donors (Lipinski definition) is 1. The van der Waals surface area contributed by atoms with Crippen LogP contribution in [0, 0.1) is 0 Å². The van der Waals surface area contributed by atoms with Gasteiger partial charge in [0.15, 0.2) is 0 Å². The Kier molecular flexibility index (Phi) is 5.91. The average molecular weight is 347 g/mol. The summed E-state index contributed by atoms with van der Waals surface area (Å²) < 4.78 is 0. The van der Waals surface area contributed by atoms with Crippen molar-refractivity contribution in [1.29, 1.82) is 0 Å². The lowest BCUT2D eigenvalue weighted by Crippen LogP contribution is -2.30. The Morgan fingerprint density at radius 2 is 1.24 bits per heavy atom. The topological polar surface area (TPSA) is 29.1 Å². The van der Waals surface area contributed by atoms with E-state index in [1.165, 1.54) is 0 Å². The average Bonchev–Trinajstić information content (AvgIpc) is 2.68. The van der Waals surface area contributed by atoms with E-state index in [-0.39, 0.29) is 17.2 Å². The van der Waals surface area contributed by atoms with Crippen molar-refractivity contribution < 1.29 is 4.79 Å². The van der Waals surface area contributed by atoms with E-state index in [1.54, 1.807) is 11.8 Å². The highest BCUT2D eigenvalue weighted by Gasteiger charge is 2.23. The van der Waals surface area contributed by atoms with Crippen molar-refractivity contribution in [2.45, 2.75) is 23.1 Å². The summed E-state index contributed by atoms with van der Waals surface area (Å²) >= 11 is 1.58. The second kappa shape index (κ2) is 8.54. The molecule has 3 aromatic rings. The minimum Gasteiger partial charge on any atom is -0.348 e. The second-order valence-corrected chi connectivity index (χ2v) is 7.04. The van der Waals surface area contributed by atoms with E-state index in [2.05, 4.69) is 5.32 Å². The van der Waals surface area contributed by atoms with E-state index in [0.29, 0.717) is 0 Å². The maximum Gasteiger partial charge on any atom is 0.238 e. The molecule has 0 saturated heterocycles. The largest absolute Gasteiger partial charge is 0.348 e. The minimum absolute atomic E-state index is 0.0245. The molecule has 0 heterocycles. The number of hydrogen-bond acceptors (Lipinski definition) is 2. The quantitative estimate of drug-likeness (QED) is 0.605. The molecule has 3 heteroatoms. The fourth-order valence-corrected chi connectivity index (χ4v) is 3.70. The highest BCUT2D eigenvalue weighted by Crippen LogP contribution is 2.35. The van der Waals surface area contributed by atoms with Crippen LogP contribution in [0.4, 0.5) is 0 Å². The molecule has 1 amide bonds. The Balaban J connectivity index is 1.80. The SMILES string of the molecule is C[C@H](NC(=O)[C@@H](Sc1ccccc1)c1ccccc1)c1ccccc1. The van der Waals surface area contributed by atoms with Crippen molar-refractivity contribution in [3.63, 3.8) is 0 Å². The van der Waals surface area contributed by atoms with Crippen molar-refractivity contribution in [3.05, 3.63) is 102 Å². The van der Waals surface area contributed by atoms with Crippen LogP contribution in [0.5, 0.6) is 0 Å². The van der Waals surface area contributed by atoms with Crippen LogP contribution in [0.2, 0.25) is 0 Å². The molecular formula is C22H21NOS. The summed E-state index contributed by atoms with van der Waals surface area (Å²) in [6.07, 6.45) is 0. The summed E-state index contributed by atoms with van der Waals surface area (Å²) in [4.78, 5) is 14.1. The van der Waals surface area contributed by atoms with E-state index in [1.807, 2.05) is 97.9 Å². The molecule has 0 aliphatic rings. The summed E-state index contributed by atoms with van der Waals surface area (Å²) in [6.45, 7) is 2.02. The number of rotatable bonds is 6. The van der Waals surface area contributed by atoms with Gasteiger partial charge in [-0.15, -0.1) is 11.8 Å². The fraction of sp³-hybridized carbons (Fsp3) is 0.136. The lowest BCUT2D eigenvalue weighted by atomic mass is 10.1. The van der Waals surface area contributed by atoms with E-state index in [4.69, 9.17) is 0 Å². The van der Waals surface area contributed by atoms with Crippen LogP contribution >= 0.6 is 11.8 Å². The number of nitrogens with one attached hydrogen (secondary N) is 1. The second-order valence-electron chi connectivity index (χ2n) is 5.86. The zero-order valence-corrected chi connectivity index (χ0v) is 14.9. The molecule has 0 saturated carbocycles. The summed E-state index contributed by atoms with van der Waals surface area (Å²) in [6, 6.07) is 30.0. The van der Waals surface area contributed by atoms with Crippen LogP contribution in [-0.4, -0.2) is 5.91 Å². The molecule has 1 N–H and O–H groups in total. The zero-order chi connectivity index (χ0) is 17.5. The van der Waals surface area contributed by atoms with Crippen molar-refractivity contribution in [1.82, 2.24) is 5.32 Å². The molecule has 3 aromatic carbocycles. The van der Waals surface area contributed by atoms with Gasteiger partial charge in [0.1, 0.15) is 5.25 Å². The molecule has 0 aromatic heterocycles. The lowest BCUT2D eigenvalue weighted by molar-refractivity contribution is -0.121. The van der Waals surface area contributed by atoms with Gasteiger partial charge in [-0.3, -0.25) is 4.79 Å². The van der Waals surface area contributed by atoms with Crippen LogP contribution < -0.4 is 5.32 Å². The van der Waals surface area contributed by atoms with Crippen LogP contribution in [0.1, 0.15) is 29.3 Å². The van der Waals surface area contributed by atoms with Gasteiger partial charge >= 0.3 is 0 Å². The van der Waals surface area contributed by atoms with Crippen LogP contribution in [0.15, 0.2) is 95.9 Å². The molecule has 2 atom stereocenters. The number of carbonyl (C=O) groups is 1. The first-order valence-corrected chi connectivity index (χ1v) is 9.24. The highest BCUT2D eigenvalue weighted by atomic mass is 32.2. The lowest BCUT2D eigenvalue weighted by Gasteiger charge is -2.21. The third kappa shape index (κ3) is 4.74. The first kappa shape index (κ1) is 17.3. The molecule has 0 radical (unpaired) electrons. The fourth-order valence-electron chi connectivity index (χ4n) is 2.65. The minimum atomic E-state index is -0.283. The van der Waals surface area contributed by atoms with Crippen molar-refractivity contribution in [2.24, 2.45) is 0 Å². The van der Waals surface area contributed by atoms with Crippen molar-refractivity contribution >= 4 is 17.7 Å². The summed E-state index contributed by atoms with van der Waals surface area (Å²) in [5, 5.41) is 2.87. The number of amides is 1. The molecule has 0 aliphatic carbocycles. The standard InChI is InChI=1S/C22H21NOS/c1-17(18-11-5-2-6-12-18)23-22(24)21(19-13-7-3-8-14-19)25-20-15-9-4-10-16-20/h2-17,21H,1H3,(H,23,24)/t17-,21-/m0/s1. The Bertz CT molecular complexity index is 790. The Labute approximate surface area is 153 Å². The Morgan fingerprint density at radius 1 is 0.760 bits per heavy atom. The normalized spacial score (nSPS) is 13.0. The van der Waals surface area contributed by atoms with Crippen LogP contribution in [-0.2, 0) is 4.79 Å². The first-order chi connectivity index (χ1) is 12.2. The molecule has 3 rings (SSSR count). The maximum absolute atomic E-state index is 13.0. The van der Waals surface area contributed by atoms with Crippen molar-refractivity contribution in [3.8, 4) is 0 Å². The van der Waals surface area contributed by atoms with E-state index in [0.717, 1.165) is 16.0 Å². The Hall–Kier alpha value is -2.52. The molecule has 0 bridgehead atoms. The molecule has 2 nitrogen and oxygen atoms in total. The van der Waals surface area contributed by atoms with E-state index >= 15 is 0 Å². The smallest absolute Gasteiger partial charge is 0.238 e. The molecular weight excluding hydrogens is 326 g/mol. The number of thioether (sulfide) groups is 1. The predicted molar refractivity (Wildman–Crippen MR) is 104 cm³/mol. The van der Waals surface area contributed by atoms with Gasteiger partial charge in [-0.05, 0) is 30.2 Å². The molecule has 0 spiro atoms. The van der Waals surface area contributed by atoms with E-state index in [9.17, 15) is 4.79 Å². The summed E-state index contributed by atoms with van der Waals surface area (Å²) in [5.41, 5.74) is 2.11. The van der Waals surface area contributed by atoms with Crippen LogP contribution in [0.3, 0.4) is 0 Å². The molecule has 126 valence electrons. The molecule has 25 heavy (non-hydrogen) atoms. The van der Waals surface area contributed by atoms with Gasteiger partial charge in [0.25, 0.3) is 0 Å². The third-order valence-electron chi connectivity index (χ3n) is 4.00. The van der Waals surface area contributed by atoms with Gasteiger partial charge in [-0.1, -0.05) is 78.9 Å². The number of benzene rings is 3. The van der Waals surface area contributed by atoms with Crippen LogP contribution in [0.25, 0.3) is 0 Å².